The summed E-state index contributed by atoms with van der Waals surface area (Å²) in [5.74, 6) is 0.492. The lowest BCUT2D eigenvalue weighted by atomic mass is 10.3. The number of hydrogen-bond acceptors (Lipinski definition) is 3. The van der Waals surface area contributed by atoms with Gasteiger partial charge in [0.25, 0.3) is 0 Å². The van der Waals surface area contributed by atoms with Crippen molar-refractivity contribution in [2.45, 2.75) is 0 Å². The van der Waals surface area contributed by atoms with Crippen LogP contribution in [0.25, 0.3) is 0 Å². The fourth-order valence-corrected chi connectivity index (χ4v) is 1.70. The Balaban J connectivity index is 2.85. The number of nitrogens with one attached hydrogen (secondary N) is 1. The number of anilines is 1. The highest BCUT2D eigenvalue weighted by Gasteiger charge is 2.09. The summed E-state index contributed by atoms with van der Waals surface area (Å²) in [5, 5.41) is 3.70. The first kappa shape index (κ1) is 14.3. The van der Waals surface area contributed by atoms with E-state index in [9.17, 15) is 0 Å². The average Bonchev–Trinajstić information content (AvgIpc) is 2.24. The molecule has 0 radical (unpaired) electrons. The van der Waals surface area contributed by atoms with Crippen molar-refractivity contribution in [1.29, 1.82) is 0 Å². The SMILES string of the molecule is COCCOc1cc(NC(N)=S)c(Cl)cc1Cl. The maximum atomic E-state index is 5.97. The second-order valence-electron chi connectivity index (χ2n) is 3.09. The third-order valence-corrected chi connectivity index (χ3v) is 2.53. The van der Waals surface area contributed by atoms with Crippen molar-refractivity contribution < 1.29 is 9.47 Å². The molecule has 3 N–H and O–H groups in total. The predicted molar refractivity (Wildman–Crippen MR) is 74.2 cm³/mol. The Kier molecular flexibility index (Phi) is 5.77. The Labute approximate surface area is 115 Å². The molecule has 0 aromatic heterocycles. The maximum Gasteiger partial charge on any atom is 0.168 e. The van der Waals surface area contributed by atoms with Crippen LogP contribution in [0.15, 0.2) is 12.1 Å². The highest BCUT2D eigenvalue weighted by Crippen LogP contribution is 2.34. The van der Waals surface area contributed by atoms with E-state index in [0.29, 0.717) is 34.7 Å². The average molecular weight is 295 g/mol. The molecule has 0 amide bonds. The molecule has 0 heterocycles. The lowest BCUT2D eigenvalue weighted by Crippen LogP contribution is -2.19. The minimum Gasteiger partial charge on any atom is -0.490 e. The van der Waals surface area contributed by atoms with Gasteiger partial charge in [0.05, 0.1) is 22.3 Å². The van der Waals surface area contributed by atoms with Crippen molar-refractivity contribution in [3.63, 3.8) is 0 Å². The second-order valence-corrected chi connectivity index (χ2v) is 4.35. The van der Waals surface area contributed by atoms with Gasteiger partial charge < -0.3 is 20.5 Å². The van der Waals surface area contributed by atoms with E-state index in [1.165, 1.54) is 0 Å². The molecule has 1 aromatic rings. The van der Waals surface area contributed by atoms with Gasteiger partial charge >= 0.3 is 0 Å². The summed E-state index contributed by atoms with van der Waals surface area (Å²) in [4.78, 5) is 0. The van der Waals surface area contributed by atoms with Gasteiger partial charge in [-0.05, 0) is 18.3 Å². The van der Waals surface area contributed by atoms with E-state index in [0.717, 1.165) is 0 Å². The summed E-state index contributed by atoms with van der Waals surface area (Å²) in [6, 6.07) is 3.20. The first-order chi connectivity index (χ1) is 8.04. The molecule has 1 rings (SSSR count). The lowest BCUT2D eigenvalue weighted by Gasteiger charge is -2.12. The maximum absolute atomic E-state index is 5.97. The number of rotatable bonds is 5. The molecule has 1 aromatic carbocycles. The van der Waals surface area contributed by atoms with Gasteiger partial charge in [0.1, 0.15) is 12.4 Å². The summed E-state index contributed by atoms with van der Waals surface area (Å²) >= 11 is 16.7. The van der Waals surface area contributed by atoms with E-state index in [4.69, 9.17) is 50.6 Å². The van der Waals surface area contributed by atoms with E-state index < -0.39 is 0 Å². The van der Waals surface area contributed by atoms with Gasteiger partial charge in [0.15, 0.2) is 5.11 Å². The van der Waals surface area contributed by atoms with Gasteiger partial charge in [-0.1, -0.05) is 23.2 Å². The van der Waals surface area contributed by atoms with Crippen molar-refractivity contribution in [1.82, 2.24) is 0 Å². The molecule has 7 heteroatoms. The number of thiocarbonyl (C=S) groups is 1. The van der Waals surface area contributed by atoms with Crippen molar-refractivity contribution in [2.24, 2.45) is 5.73 Å². The fraction of sp³-hybridized carbons (Fsp3) is 0.300. The molecule has 4 nitrogen and oxygen atoms in total. The molecule has 0 unspecified atom stereocenters. The van der Waals surface area contributed by atoms with Crippen molar-refractivity contribution in [2.75, 3.05) is 25.6 Å². The predicted octanol–water partition coefficient (Wildman–Crippen LogP) is 2.67. The van der Waals surface area contributed by atoms with Crippen LogP contribution in [0.4, 0.5) is 5.69 Å². The molecule has 0 spiro atoms. The summed E-state index contributed by atoms with van der Waals surface area (Å²) in [6.07, 6.45) is 0. The Bertz CT molecular complexity index is 416. The smallest absolute Gasteiger partial charge is 0.168 e. The van der Waals surface area contributed by atoms with E-state index in [2.05, 4.69) is 5.32 Å². The first-order valence-electron chi connectivity index (χ1n) is 4.72. The molecule has 0 aliphatic rings. The third kappa shape index (κ3) is 4.55. The third-order valence-electron chi connectivity index (χ3n) is 1.82. The minimum atomic E-state index is 0.122. The van der Waals surface area contributed by atoms with Gasteiger partial charge in [-0.2, -0.15) is 0 Å². The van der Waals surface area contributed by atoms with Crippen LogP contribution >= 0.6 is 35.4 Å². The second kappa shape index (κ2) is 6.86. The summed E-state index contributed by atoms with van der Waals surface area (Å²) in [7, 11) is 1.59. The van der Waals surface area contributed by atoms with Gasteiger partial charge in [-0.25, -0.2) is 0 Å². The van der Waals surface area contributed by atoms with Crippen LogP contribution < -0.4 is 15.8 Å². The van der Waals surface area contributed by atoms with E-state index >= 15 is 0 Å². The van der Waals surface area contributed by atoms with E-state index in [1.54, 1.807) is 19.2 Å². The van der Waals surface area contributed by atoms with Gasteiger partial charge in [-0.15, -0.1) is 0 Å². The molecule has 17 heavy (non-hydrogen) atoms. The number of halogens is 2. The monoisotopic (exact) mass is 294 g/mol. The number of nitrogens with two attached hydrogens (primary N) is 1. The zero-order valence-corrected chi connectivity index (χ0v) is 11.5. The number of hydrogen-bond donors (Lipinski definition) is 2. The minimum absolute atomic E-state index is 0.122. The van der Waals surface area contributed by atoms with E-state index in [1.807, 2.05) is 0 Å². The van der Waals surface area contributed by atoms with Crippen molar-refractivity contribution in [3.8, 4) is 5.75 Å². The molecule has 0 aliphatic heterocycles. The largest absolute Gasteiger partial charge is 0.490 e. The Morgan fingerprint density at radius 1 is 1.35 bits per heavy atom. The standard InChI is InChI=1S/C10H12Cl2N2O2S/c1-15-2-3-16-9-5-8(14-10(13)17)6(11)4-7(9)12/h4-5H,2-3H2,1H3,(H3,13,14,17). The van der Waals surface area contributed by atoms with Crippen molar-refractivity contribution in [3.05, 3.63) is 22.2 Å². The van der Waals surface area contributed by atoms with Crippen LogP contribution in [-0.2, 0) is 4.74 Å². The van der Waals surface area contributed by atoms with Crippen LogP contribution in [-0.4, -0.2) is 25.4 Å². The van der Waals surface area contributed by atoms with Crippen LogP contribution in [0, 0.1) is 0 Å². The van der Waals surface area contributed by atoms with Crippen LogP contribution in [0.5, 0.6) is 5.75 Å². The quantitative estimate of drug-likeness (QED) is 0.646. The summed E-state index contributed by atoms with van der Waals surface area (Å²) in [6.45, 7) is 0.862. The normalized spacial score (nSPS) is 10.1. The number of benzene rings is 1. The molecule has 0 fully saturated rings. The molecule has 94 valence electrons. The Morgan fingerprint density at radius 3 is 2.65 bits per heavy atom. The Hall–Kier alpha value is -0.750. The molecular weight excluding hydrogens is 283 g/mol. The van der Waals surface area contributed by atoms with Gasteiger partial charge in [0, 0.05) is 13.2 Å². The first-order valence-corrected chi connectivity index (χ1v) is 5.88. The molecule has 0 atom stereocenters. The molecule has 0 saturated heterocycles. The Morgan fingerprint density at radius 2 is 2.06 bits per heavy atom. The lowest BCUT2D eigenvalue weighted by molar-refractivity contribution is 0.146. The number of ether oxygens (including phenoxy) is 2. The van der Waals surface area contributed by atoms with Gasteiger partial charge in [-0.3, -0.25) is 0 Å². The molecule has 0 bridgehead atoms. The summed E-state index contributed by atoms with van der Waals surface area (Å²) < 4.78 is 10.3. The zero-order valence-electron chi connectivity index (χ0n) is 9.13. The van der Waals surface area contributed by atoms with Crippen molar-refractivity contribution >= 4 is 46.2 Å². The highest BCUT2D eigenvalue weighted by atomic mass is 35.5. The molecule has 0 saturated carbocycles. The molecular formula is C10H12Cl2N2O2S. The van der Waals surface area contributed by atoms with Crippen LogP contribution in [0.2, 0.25) is 10.0 Å². The molecule has 0 aliphatic carbocycles. The topological polar surface area (TPSA) is 56.5 Å². The highest BCUT2D eigenvalue weighted by molar-refractivity contribution is 7.80. The van der Waals surface area contributed by atoms with Crippen LogP contribution in [0.1, 0.15) is 0 Å². The van der Waals surface area contributed by atoms with Crippen LogP contribution in [0.3, 0.4) is 0 Å². The number of methoxy groups -OCH3 is 1. The zero-order chi connectivity index (χ0) is 12.8. The van der Waals surface area contributed by atoms with E-state index in [-0.39, 0.29) is 5.11 Å². The summed E-state index contributed by atoms with van der Waals surface area (Å²) in [5.41, 5.74) is 5.92. The fourth-order valence-electron chi connectivity index (χ4n) is 1.10. The van der Waals surface area contributed by atoms with Gasteiger partial charge in [0.2, 0.25) is 0 Å².